The minimum atomic E-state index is -4.76. The number of alkyl halides is 3. The predicted octanol–water partition coefficient (Wildman–Crippen LogP) is 5.18. The van der Waals surface area contributed by atoms with Crippen LogP contribution in [0.1, 0.15) is 41.3 Å². The maximum Gasteiger partial charge on any atom is 0.416 e. The van der Waals surface area contributed by atoms with Gasteiger partial charge in [0.05, 0.1) is 34.0 Å². The summed E-state index contributed by atoms with van der Waals surface area (Å²) in [5, 5.41) is 3.01. The summed E-state index contributed by atoms with van der Waals surface area (Å²) in [6.07, 6.45) is -2.99. The van der Waals surface area contributed by atoms with E-state index in [-0.39, 0.29) is 68.3 Å². The lowest BCUT2D eigenvalue weighted by Gasteiger charge is -2.33. The van der Waals surface area contributed by atoms with E-state index in [0.717, 1.165) is 25.0 Å². The van der Waals surface area contributed by atoms with Crippen molar-refractivity contribution in [3.63, 3.8) is 0 Å². The topological polar surface area (TPSA) is 99.8 Å². The second-order valence-electron chi connectivity index (χ2n) is 8.81. The first-order chi connectivity index (χ1) is 17.8. The Hall–Kier alpha value is -1.96. The van der Waals surface area contributed by atoms with E-state index in [1.165, 1.54) is 26.2 Å². The van der Waals surface area contributed by atoms with Crippen LogP contribution in [0, 0.1) is 0 Å². The van der Waals surface area contributed by atoms with Gasteiger partial charge in [-0.15, -0.1) is 12.4 Å². The Labute approximate surface area is 241 Å². The van der Waals surface area contributed by atoms with Gasteiger partial charge in [0, 0.05) is 35.8 Å². The molecule has 218 valence electrons. The van der Waals surface area contributed by atoms with Gasteiger partial charge in [0.2, 0.25) is 0 Å². The maximum absolute atomic E-state index is 14.0. The number of hydrazine groups is 1. The molecule has 1 fully saturated rings. The number of nitrogens with zero attached hydrogens (tertiary/aromatic N) is 1. The molecule has 0 aliphatic carbocycles. The number of likely N-dealkylation sites (N-methyl/N-ethyl adjacent to an activating group) is 1. The van der Waals surface area contributed by atoms with Crippen molar-refractivity contribution < 1.29 is 31.1 Å². The molecule has 1 atom stereocenters. The molecule has 1 amide bonds. The largest absolute Gasteiger partial charge is 0.495 e. The number of methoxy groups -OCH3 is 1. The molecule has 3 N–H and O–H groups in total. The molecule has 2 aromatic carbocycles. The molecule has 0 saturated carbocycles. The third kappa shape index (κ3) is 8.05. The summed E-state index contributed by atoms with van der Waals surface area (Å²) in [4.78, 5) is 14.5. The summed E-state index contributed by atoms with van der Waals surface area (Å²) >= 11 is 12.4. The van der Waals surface area contributed by atoms with Crippen LogP contribution in [-0.4, -0.2) is 58.3 Å². The molecule has 0 bridgehead atoms. The molecule has 1 saturated heterocycles. The number of halogens is 6. The fourth-order valence-corrected chi connectivity index (χ4v) is 5.80. The third-order valence-corrected chi connectivity index (χ3v) is 8.74. The smallest absolute Gasteiger partial charge is 0.416 e. The molecule has 1 aliphatic heterocycles. The average Bonchev–Trinajstić information content (AvgIpc) is 2.87. The first-order valence-electron chi connectivity index (χ1n) is 11.8. The van der Waals surface area contributed by atoms with Crippen LogP contribution in [0.25, 0.3) is 0 Å². The Morgan fingerprint density at radius 1 is 1.18 bits per heavy atom. The van der Waals surface area contributed by atoms with E-state index in [1.807, 2.05) is 11.9 Å². The van der Waals surface area contributed by atoms with E-state index in [4.69, 9.17) is 27.9 Å². The van der Waals surface area contributed by atoms with Gasteiger partial charge in [-0.05, 0) is 50.2 Å². The van der Waals surface area contributed by atoms with Crippen molar-refractivity contribution in [3.05, 3.63) is 51.0 Å². The van der Waals surface area contributed by atoms with Gasteiger partial charge in [-0.2, -0.15) is 13.2 Å². The van der Waals surface area contributed by atoms with Crippen LogP contribution >= 0.6 is 35.6 Å². The number of rotatable bonds is 9. The van der Waals surface area contributed by atoms with Gasteiger partial charge in [-0.25, -0.2) is 8.42 Å². The normalized spacial score (nSPS) is 16.4. The van der Waals surface area contributed by atoms with Gasteiger partial charge in [0.25, 0.3) is 5.91 Å². The lowest BCUT2D eigenvalue weighted by Crippen LogP contribution is -2.44. The summed E-state index contributed by atoms with van der Waals surface area (Å²) in [6, 6.07) is 4.50. The molecule has 1 heterocycles. The molecule has 0 aromatic heterocycles. The van der Waals surface area contributed by atoms with Crippen molar-refractivity contribution in [1.82, 2.24) is 15.6 Å². The molecule has 15 heteroatoms. The van der Waals surface area contributed by atoms with E-state index in [1.54, 1.807) is 0 Å². The highest BCUT2D eigenvalue weighted by Gasteiger charge is 2.36. The molecular formula is C24H30Cl3F3N4O4S. The highest BCUT2D eigenvalue weighted by atomic mass is 35.5. The second kappa shape index (κ2) is 13.6. The van der Waals surface area contributed by atoms with Crippen molar-refractivity contribution in [1.29, 1.82) is 0 Å². The lowest BCUT2D eigenvalue weighted by atomic mass is 10.00. The number of carbonyl (C=O) groups excluding carboxylic acids is 1. The van der Waals surface area contributed by atoms with E-state index in [0.29, 0.717) is 13.1 Å². The van der Waals surface area contributed by atoms with Crippen LogP contribution in [0.3, 0.4) is 0 Å². The Balaban J connectivity index is 0.00000533. The van der Waals surface area contributed by atoms with E-state index in [9.17, 15) is 26.4 Å². The van der Waals surface area contributed by atoms with Crippen LogP contribution < -0.4 is 20.9 Å². The molecule has 8 nitrogen and oxygen atoms in total. The highest BCUT2D eigenvalue weighted by Crippen LogP contribution is 2.38. The van der Waals surface area contributed by atoms with Gasteiger partial charge in [-0.1, -0.05) is 30.1 Å². The molecular weight excluding hydrogens is 604 g/mol. The zero-order chi connectivity index (χ0) is 28.3. The van der Waals surface area contributed by atoms with Crippen LogP contribution in [0.2, 0.25) is 10.0 Å². The van der Waals surface area contributed by atoms with Crippen LogP contribution in [0.5, 0.6) is 5.75 Å². The Bertz CT molecular complexity index is 1300. The Kier molecular flexibility index (Phi) is 11.6. The number of likely N-dealkylation sites (tertiary alicyclic amines) is 1. The number of amides is 1. The zero-order valence-corrected chi connectivity index (χ0v) is 24.6. The Morgan fingerprint density at radius 2 is 1.87 bits per heavy atom. The summed E-state index contributed by atoms with van der Waals surface area (Å²) in [7, 11) is -0.657. The number of hydrogen-bond acceptors (Lipinski definition) is 7. The summed E-state index contributed by atoms with van der Waals surface area (Å²) < 4.78 is 72.3. The molecule has 0 spiro atoms. The van der Waals surface area contributed by atoms with Crippen molar-refractivity contribution in [2.75, 3.05) is 38.4 Å². The molecule has 0 radical (unpaired) electrons. The number of nitrogens with one attached hydrogen (secondary N) is 3. The minimum Gasteiger partial charge on any atom is -0.495 e. The van der Waals surface area contributed by atoms with Crippen LogP contribution in [0.4, 0.5) is 18.9 Å². The molecule has 2 aromatic rings. The molecule has 3 rings (SSSR count). The summed E-state index contributed by atoms with van der Waals surface area (Å²) in [6.45, 7) is 2.62. The number of carbonyl (C=O) groups is 1. The molecule has 1 aliphatic rings. The van der Waals surface area contributed by atoms with Crippen molar-refractivity contribution in [2.45, 2.75) is 43.4 Å². The average molecular weight is 634 g/mol. The quantitative estimate of drug-likeness (QED) is 0.328. The number of anilines is 1. The first kappa shape index (κ1) is 33.2. The standard InChI is InChI=1S/C24H29Cl2F3N4O4S.ClH/c1-4-38(35,36)22-11-21(37-3)19(26)10-20(22)31-32-23(34)14-8-17(24(27,28)29)16(18(25)9-14)13-33-7-5-6-15(12-33)30-2;/h8-11,15,30-31H,4-7,12-13H2,1-3H3,(H,32,34);1H/t15-;/m0./s1. The Morgan fingerprint density at radius 3 is 2.46 bits per heavy atom. The van der Waals surface area contributed by atoms with Crippen molar-refractivity contribution in [3.8, 4) is 5.75 Å². The third-order valence-electron chi connectivity index (χ3n) is 6.34. The van der Waals surface area contributed by atoms with Crippen LogP contribution in [-0.2, 0) is 22.6 Å². The first-order valence-corrected chi connectivity index (χ1v) is 14.2. The van der Waals surface area contributed by atoms with Crippen LogP contribution in [0.15, 0.2) is 29.2 Å². The van der Waals surface area contributed by atoms with E-state index < -0.39 is 27.5 Å². The number of benzene rings is 2. The maximum atomic E-state index is 14.0. The van der Waals surface area contributed by atoms with E-state index in [2.05, 4.69) is 16.2 Å². The second-order valence-corrected chi connectivity index (χ2v) is 11.9. The fraction of sp³-hybridized carbons (Fsp3) is 0.458. The van der Waals surface area contributed by atoms with Crippen molar-refractivity contribution in [2.24, 2.45) is 0 Å². The molecule has 39 heavy (non-hydrogen) atoms. The monoisotopic (exact) mass is 632 g/mol. The highest BCUT2D eigenvalue weighted by molar-refractivity contribution is 7.91. The minimum absolute atomic E-state index is 0. The fourth-order valence-electron chi connectivity index (χ4n) is 4.24. The number of ether oxygens (including phenoxy) is 1. The van der Waals surface area contributed by atoms with Crippen molar-refractivity contribution >= 4 is 57.0 Å². The van der Waals surface area contributed by atoms with Gasteiger partial charge < -0.3 is 10.1 Å². The number of piperidine rings is 1. The SMILES string of the molecule is CCS(=O)(=O)c1cc(OC)c(Cl)cc1NNC(=O)c1cc(Cl)c(CN2CCC[C@H](NC)C2)c(C(F)(F)F)c1.Cl. The number of hydrogen-bond donors (Lipinski definition) is 3. The van der Waals surface area contributed by atoms with E-state index >= 15 is 0 Å². The van der Waals surface area contributed by atoms with Gasteiger partial charge in [0.15, 0.2) is 9.84 Å². The lowest BCUT2D eigenvalue weighted by molar-refractivity contribution is -0.138. The predicted molar refractivity (Wildman–Crippen MR) is 148 cm³/mol. The number of sulfone groups is 1. The summed E-state index contributed by atoms with van der Waals surface area (Å²) in [5.74, 6) is -1.11. The van der Waals surface area contributed by atoms with Gasteiger partial charge in [-0.3, -0.25) is 20.5 Å². The van der Waals surface area contributed by atoms with Gasteiger partial charge >= 0.3 is 6.18 Å². The molecule has 0 unspecified atom stereocenters. The summed E-state index contributed by atoms with van der Waals surface area (Å²) in [5.41, 5.74) is 3.14. The van der Waals surface area contributed by atoms with Gasteiger partial charge in [0.1, 0.15) is 5.75 Å². The zero-order valence-electron chi connectivity index (χ0n) is 21.4.